The van der Waals surface area contributed by atoms with Crippen molar-refractivity contribution in [1.82, 2.24) is 25.2 Å². The van der Waals surface area contributed by atoms with Crippen molar-refractivity contribution < 1.29 is 14.1 Å². The monoisotopic (exact) mass is 464 g/mol. The van der Waals surface area contributed by atoms with Gasteiger partial charge in [0.05, 0.1) is 28.5 Å². The van der Waals surface area contributed by atoms with Gasteiger partial charge in [-0.2, -0.15) is 5.10 Å². The van der Waals surface area contributed by atoms with E-state index in [1.54, 1.807) is 17.1 Å². The minimum absolute atomic E-state index is 0.0209. The highest BCUT2D eigenvalue weighted by Gasteiger charge is 2.30. The molecule has 0 unspecified atom stereocenters. The van der Waals surface area contributed by atoms with Gasteiger partial charge >= 0.3 is 0 Å². The minimum Gasteiger partial charge on any atom is -0.352 e. The molecule has 34 heavy (non-hydrogen) atoms. The fourth-order valence-corrected chi connectivity index (χ4v) is 4.62. The second kappa shape index (κ2) is 8.85. The predicted octanol–water partition coefficient (Wildman–Crippen LogP) is 4.20. The molecule has 0 atom stereocenters. The smallest absolute Gasteiger partial charge is 0.259 e. The topological polar surface area (TPSA) is 115 Å². The molecule has 5 rings (SSSR count). The number of carbonyl (C=O) groups excluding carboxylic acids is 2. The van der Waals surface area contributed by atoms with Gasteiger partial charge in [-0.1, -0.05) is 38.8 Å². The first-order valence-electron chi connectivity index (χ1n) is 12.2. The van der Waals surface area contributed by atoms with Crippen LogP contribution in [0.25, 0.3) is 11.1 Å². The second-order valence-corrected chi connectivity index (χ2v) is 10.8. The Morgan fingerprint density at radius 1 is 1.18 bits per heavy atom. The summed E-state index contributed by atoms with van der Waals surface area (Å²) < 4.78 is 7.10. The lowest BCUT2D eigenvalue weighted by atomic mass is 9.89. The van der Waals surface area contributed by atoms with Crippen LogP contribution in [0.5, 0.6) is 0 Å². The summed E-state index contributed by atoms with van der Waals surface area (Å²) in [7, 11) is 0. The van der Waals surface area contributed by atoms with E-state index >= 15 is 0 Å². The average Bonchev–Trinajstić information content (AvgIpc) is 3.11. The first-order chi connectivity index (χ1) is 16.2. The predicted molar refractivity (Wildman–Crippen MR) is 128 cm³/mol. The van der Waals surface area contributed by atoms with Crippen molar-refractivity contribution in [2.75, 3.05) is 5.32 Å². The quantitative estimate of drug-likeness (QED) is 0.542. The van der Waals surface area contributed by atoms with Crippen LogP contribution >= 0.6 is 0 Å². The lowest BCUT2D eigenvalue weighted by Crippen LogP contribution is -2.35. The van der Waals surface area contributed by atoms with Gasteiger partial charge in [-0.05, 0) is 43.6 Å². The zero-order valence-electron chi connectivity index (χ0n) is 20.1. The second-order valence-electron chi connectivity index (χ2n) is 10.8. The largest absolute Gasteiger partial charge is 0.352 e. The van der Waals surface area contributed by atoms with E-state index in [0.29, 0.717) is 34.7 Å². The number of aromatic nitrogens is 4. The van der Waals surface area contributed by atoms with Gasteiger partial charge in [-0.15, -0.1) is 0 Å². The number of rotatable bonds is 7. The molecule has 0 bridgehead atoms. The van der Waals surface area contributed by atoms with Gasteiger partial charge in [0.25, 0.3) is 11.6 Å². The Balaban J connectivity index is 1.35. The van der Waals surface area contributed by atoms with E-state index in [1.807, 2.05) is 6.07 Å². The number of anilines is 1. The highest BCUT2D eigenvalue weighted by atomic mass is 16.5. The van der Waals surface area contributed by atoms with Gasteiger partial charge in [-0.25, -0.2) is 4.98 Å². The summed E-state index contributed by atoms with van der Waals surface area (Å²) in [6, 6.07) is 2.14. The molecule has 180 valence electrons. The maximum Gasteiger partial charge on any atom is 0.259 e. The van der Waals surface area contributed by atoms with Gasteiger partial charge in [0, 0.05) is 23.9 Å². The summed E-state index contributed by atoms with van der Waals surface area (Å²) >= 11 is 0. The van der Waals surface area contributed by atoms with Crippen molar-refractivity contribution in [1.29, 1.82) is 0 Å². The molecule has 9 nitrogen and oxygen atoms in total. The van der Waals surface area contributed by atoms with Crippen molar-refractivity contribution in [2.24, 2.45) is 5.41 Å². The van der Waals surface area contributed by atoms with Crippen LogP contribution in [-0.4, -0.2) is 37.8 Å². The normalized spacial score (nSPS) is 16.8. The summed E-state index contributed by atoms with van der Waals surface area (Å²) in [6.45, 7) is 6.49. The van der Waals surface area contributed by atoms with Gasteiger partial charge < -0.3 is 15.2 Å². The van der Waals surface area contributed by atoms with Crippen molar-refractivity contribution in [3.8, 4) is 0 Å². The average molecular weight is 465 g/mol. The van der Waals surface area contributed by atoms with Crippen LogP contribution in [0.2, 0.25) is 0 Å². The summed E-state index contributed by atoms with van der Waals surface area (Å²) in [5.41, 5.74) is 3.04. The molecule has 0 radical (unpaired) electrons. The number of fused-ring (bicyclic) bond motifs is 1. The molecule has 2 N–H and O–H groups in total. The summed E-state index contributed by atoms with van der Waals surface area (Å²) in [6.07, 6.45) is 10.4. The molecule has 0 saturated heterocycles. The number of carbonyl (C=O) groups is 2. The number of nitrogens with zero attached hydrogens (tertiary/aromatic N) is 4. The van der Waals surface area contributed by atoms with Crippen LogP contribution in [0, 0.1) is 5.41 Å². The number of hydrogen-bond acceptors (Lipinski definition) is 6. The fourth-order valence-electron chi connectivity index (χ4n) is 4.62. The Labute approximate surface area is 198 Å². The Bertz CT molecular complexity index is 1210. The zero-order chi connectivity index (χ0) is 23.9. The van der Waals surface area contributed by atoms with E-state index < -0.39 is 0 Å². The molecule has 2 fully saturated rings. The molecule has 0 aliphatic heterocycles. The Morgan fingerprint density at radius 2 is 1.94 bits per heavy atom. The van der Waals surface area contributed by atoms with Crippen molar-refractivity contribution in [2.45, 2.75) is 84.2 Å². The van der Waals surface area contributed by atoms with E-state index in [1.165, 1.54) is 0 Å². The van der Waals surface area contributed by atoms with Crippen molar-refractivity contribution in [3.05, 3.63) is 35.4 Å². The van der Waals surface area contributed by atoms with Crippen LogP contribution in [0.1, 0.15) is 87.0 Å². The zero-order valence-corrected chi connectivity index (χ0v) is 20.1. The molecular formula is C25H32N6O3. The molecule has 2 saturated carbocycles. The van der Waals surface area contributed by atoms with Crippen LogP contribution in [-0.2, 0) is 17.8 Å². The molecule has 3 heterocycles. The summed E-state index contributed by atoms with van der Waals surface area (Å²) in [5.74, 6) is 0.0463. The standard InChI is InChI=1S/C25H32N6O3/c1-25(2,3)11-20-22-18(10-19(15-8-9-15)29-24(22)34-30-20)23(33)28-17-12-26-31(13-17)14-21(32)27-16-6-4-5-7-16/h10,12-13,15-16H,4-9,11,14H2,1-3H3,(H,27,32)(H,28,33). The molecular weight excluding hydrogens is 432 g/mol. The van der Waals surface area contributed by atoms with Crippen LogP contribution < -0.4 is 10.6 Å². The number of amides is 2. The van der Waals surface area contributed by atoms with E-state index in [-0.39, 0.29) is 29.8 Å². The van der Waals surface area contributed by atoms with Crippen LogP contribution in [0.4, 0.5) is 5.69 Å². The third-order valence-electron chi connectivity index (χ3n) is 6.39. The number of hydrogen-bond donors (Lipinski definition) is 2. The van der Waals surface area contributed by atoms with Gasteiger partial charge in [0.2, 0.25) is 5.91 Å². The van der Waals surface area contributed by atoms with Gasteiger partial charge in [-0.3, -0.25) is 14.3 Å². The number of pyridine rings is 1. The maximum atomic E-state index is 13.4. The highest BCUT2D eigenvalue weighted by Crippen LogP contribution is 2.41. The van der Waals surface area contributed by atoms with Gasteiger partial charge in [0.1, 0.15) is 6.54 Å². The Morgan fingerprint density at radius 3 is 2.65 bits per heavy atom. The van der Waals surface area contributed by atoms with Crippen molar-refractivity contribution in [3.63, 3.8) is 0 Å². The minimum atomic E-state index is -0.261. The molecule has 2 amide bonds. The highest BCUT2D eigenvalue weighted by molar-refractivity contribution is 6.12. The molecule has 3 aromatic heterocycles. The van der Waals surface area contributed by atoms with Crippen LogP contribution in [0.15, 0.2) is 23.0 Å². The molecule has 2 aliphatic rings. The molecule has 9 heteroatoms. The third-order valence-corrected chi connectivity index (χ3v) is 6.39. The molecule has 2 aliphatic carbocycles. The van der Waals surface area contributed by atoms with Crippen molar-refractivity contribution >= 4 is 28.6 Å². The fraction of sp³-hybridized carbons (Fsp3) is 0.560. The van der Waals surface area contributed by atoms with E-state index in [9.17, 15) is 9.59 Å². The number of nitrogens with one attached hydrogen (secondary N) is 2. The molecule has 0 spiro atoms. The van der Waals surface area contributed by atoms with E-state index in [4.69, 9.17) is 4.52 Å². The molecule has 3 aromatic rings. The summed E-state index contributed by atoms with van der Waals surface area (Å²) in [5, 5.41) is 15.2. The van der Waals surface area contributed by atoms with Gasteiger partial charge in [0.15, 0.2) is 0 Å². The lowest BCUT2D eigenvalue weighted by molar-refractivity contribution is -0.122. The van der Waals surface area contributed by atoms with Crippen LogP contribution in [0.3, 0.4) is 0 Å². The maximum absolute atomic E-state index is 13.4. The summed E-state index contributed by atoms with van der Waals surface area (Å²) in [4.78, 5) is 30.3. The first kappa shape index (κ1) is 22.6. The lowest BCUT2D eigenvalue weighted by Gasteiger charge is -2.16. The third kappa shape index (κ3) is 5.13. The van der Waals surface area contributed by atoms with E-state index in [2.05, 4.69) is 46.6 Å². The first-order valence-corrected chi connectivity index (χ1v) is 12.2. The Kier molecular flexibility index (Phi) is 5.87. The SMILES string of the molecule is CC(C)(C)Cc1noc2nc(C3CC3)cc(C(=O)Nc3cnn(CC(=O)NC4CCCC4)c3)c12. The Hall–Kier alpha value is -3.23. The molecule has 0 aromatic carbocycles. The van der Waals surface area contributed by atoms with E-state index in [0.717, 1.165) is 49.9 Å².